The quantitative estimate of drug-likeness (QED) is 0.628. The highest BCUT2D eigenvalue weighted by molar-refractivity contribution is 8.02. The first kappa shape index (κ1) is 17.3. The summed E-state index contributed by atoms with van der Waals surface area (Å²) in [7, 11) is -1.63. The van der Waals surface area contributed by atoms with Crippen molar-refractivity contribution in [1.82, 2.24) is 4.90 Å². The molecule has 0 saturated carbocycles. The molecule has 0 bridgehead atoms. The number of methoxy groups -OCH3 is 1. The summed E-state index contributed by atoms with van der Waals surface area (Å²) >= 11 is 1.36. The lowest BCUT2D eigenvalue weighted by Crippen LogP contribution is -2.38. The fourth-order valence-electron chi connectivity index (χ4n) is 1.96. The summed E-state index contributed by atoms with van der Waals surface area (Å²) in [6.07, 6.45) is 1.36. The standard InChI is InChI=1S/C12H21NO5S2/c1-3-5-13(7-12(15)18-2)11(14)8-19-10-4-6-20(16,17)9-10/h10H,3-9H2,1-2H3. The molecular formula is C12H21NO5S2. The van der Waals surface area contributed by atoms with E-state index in [2.05, 4.69) is 4.74 Å². The van der Waals surface area contributed by atoms with Crippen LogP contribution < -0.4 is 0 Å². The molecule has 1 saturated heterocycles. The second-order valence-electron chi connectivity index (χ2n) is 4.73. The van der Waals surface area contributed by atoms with E-state index in [-0.39, 0.29) is 35.0 Å². The van der Waals surface area contributed by atoms with Crippen LogP contribution in [-0.2, 0) is 24.2 Å². The van der Waals surface area contributed by atoms with Gasteiger partial charge in [-0.15, -0.1) is 11.8 Å². The van der Waals surface area contributed by atoms with E-state index in [1.54, 1.807) is 0 Å². The van der Waals surface area contributed by atoms with E-state index in [9.17, 15) is 18.0 Å². The van der Waals surface area contributed by atoms with Gasteiger partial charge in [-0.25, -0.2) is 8.42 Å². The van der Waals surface area contributed by atoms with Crippen LogP contribution in [0, 0.1) is 0 Å². The molecule has 0 aromatic rings. The van der Waals surface area contributed by atoms with Crippen molar-refractivity contribution in [3.05, 3.63) is 0 Å². The van der Waals surface area contributed by atoms with Crippen LogP contribution in [0.3, 0.4) is 0 Å². The number of thioether (sulfide) groups is 1. The topological polar surface area (TPSA) is 80.8 Å². The Balaban J connectivity index is 2.44. The third kappa shape index (κ3) is 5.70. The fraction of sp³-hybridized carbons (Fsp3) is 0.833. The third-order valence-electron chi connectivity index (χ3n) is 3.03. The van der Waals surface area contributed by atoms with E-state index in [0.717, 1.165) is 6.42 Å². The Labute approximate surface area is 124 Å². The molecule has 1 rings (SSSR count). The molecule has 6 nitrogen and oxygen atoms in total. The second kappa shape index (κ2) is 7.87. The first-order valence-electron chi connectivity index (χ1n) is 6.54. The summed E-state index contributed by atoms with van der Waals surface area (Å²) in [5, 5.41) is -0.00875. The maximum atomic E-state index is 12.1. The highest BCUT2D eigenvalue weighted by atomic mass is 32.2. The highest BCUT2D eigenvalue weighted by Crippen LogP contribution is 2.24. The van der Waals surface area contributed by atoms with Crippen molar-refractivity contribution < 1.29 is 22.7 Å². The minimum Gasteiger partial charge on any atom is -0.468 e. The number of carbonyl (C=O) groups excluding carboxylic acids is 2. The van der Waals surface area contributed by atoms with Gasteiger partial charge >= 0.3 is 5.97 Å². The molecule has 1 aliphatic heterocycles. The lowest BCUT2D eigenvalue weighted by Gasteiger charge is -2.21. The second-order valence-corrected chi connectivity index (χ2v) is 8.24. The van der Waals surface area contributed by atoms with Crippen molar-refractivity contribution in [3.8, 4) is 0 Å². The summed E-state index contributed by atoms with van der Waals surface area (Å²) in [5.41, 5.74) is 0. The summed E-state index contributed by atoms with van der Waals surface area (Å²) in [5.74, 6) is -0.0288. The zero-order valence-corrected chi connectivity index (χ0v) is 13.5. The molecule has 1 heterocycles. The normalized spacial score (nSPS) is 20.6. The van der Waals surface area contributed by atoms with Gasteiger partial charge in [-0.2, -0.15) is 0 Å². The number of esters is 1. The molecule has 116 valence electrons. The molecule has 8 heteroatoms. The van der Waals surface area contributed by atoms with Crippen LogP contribution in [0.25, 0.3) is 0 Å². The molecule has 1 aliphatic rings. The van der Waals surface area contributed by atoms with E-state index in [1.807, 2.05) is 6.92 Å². The van der Waals surface area contributed by atoms with Crippen molar-refractivity contribution in [2.75, 3.05) is 37.5 Å². The summed E-state index contributed by atoms with van der Waals surface area (Å²) < 4.78 is 27.2. The van der Waals surface area contributed by atoms with E-state index in [1.165, 1.54) is 23.8 Å². The maximum absolute atomic E-state index is 12.1. The summed E-state index contributed by atoms with van der Waals surface area (Å²) in [6.45, 7) is 2.37. The molecule has 1 fully saturated rings. The molecular weight excluding hydrogens is 302 g/mol. The number of hydrogen-bond donors (Lipinski definition) is 0. The van der Waals surface area contributed by atoms with Crippen molar-refractivity contribution in [2.45, 2.75) is 25.0 Å². The summed E-state index contributed by atoms with van der Waals surface area (Å²) in [6, 6.07) is 0. The first-order valence-corrected chi connectivity index (χ1v) is 9.41. The van der Waals surface area contributed by atoms with Gasteiger partial charge in [0.05, 0.1) is 24.4 Å². The van der Waals surface area contributed by atoms with Gasteiger partial charge in [-0.05, 0) is 12.8 Å². The van der Waals surface area contributed by atoms with Gasteiger partial charge in [-0.1, -0.05) is 6.92 Å². The van der Waals surface area contributed by atoms with E-state index in [4.69, 9.17) is 0 Å². The average molecular weight is 323 g/mol. The lowest BCUT2D eigenvalue weighted by molar-refractivity contribution is -0.146. The molecule has 1 unspecified atom stereocenters. The Morgan fingerprint density at radius 2 is 2.10 bits per heavy atom. The Bertz CT molecular complexity index is 449. The van der Waals surface area contributed by atoms with Crippen molar-refractivity contribution in [2.24, 2.45) is 0 Å². The zero-order chi connectivity index (χ0) is 15.2. The predicted octanol–water partition coefficient (Wildman–Crippen LogP) is 0.318. The van der Waals surface area contributed by atoms with Gasteiger partial charge in [-0.3, -0.25) is 9.59 Å². The van der Waals surface area contributed by atoms with Gasteiger partial charge in [0.2, 0.25) is 5.91 Å². The maximum Gasteiger partial charge on any atom is 0.325 e. The first-order chi connectivity index (χ1) is 9.38. The molecule has 0 N–H and O–H groups in total. The van der Waals surface area contributed by atoms with E-state index < -0.39 is 15.8 Å². The van der Waals surface area contributed by atoms with Crippen LogP contribution in [-0.4, -0.2) is 67.9 Å². The average Bonchev–Trinajstić information content (AvgIpc) is 2.74. The molecule has 0 aromatic carbocycles. The van der Waals surface area contributed by atoms with Crippen LogP contribution in [0.15, 0.2) is 0 Å². The van der Waals surface area contributed by atoms with Crippen LogP contribution in [0.1, 0.15) is 19.8 Å². The van der Waals surface area contributed by atoms with Gasteiger partial charge in [0.25, 0.3) is 0 Å². The van der Waals surface area contributed by atoms with Crippen LogP contribution >= 0.6 is 11.8 Å². The van der Waals surface area contributed by atoms with Crippen LogP contribution in [0.4, 0.5) is 0 Å². The minimum absolute atomic E-state index is 0.00875. The largest absolute Gasteiger partial charge is 0.468 e. The van der Waals surface area contributed by atoms with Gasteiger partial charge in [0, 0.05) is 11.8 Å². The number of hydrogen-bond acceptors (Lipinski definition) is 6. The fourth-order valence-corrected chi connectivity index (χ4v) is 5.50. The smallest absolute Gasteiger partial charge is 0.325 e. The molecule has 1 amide bonds. The lowest BCUT2D eigenvalue weighted by atomic mass is 10.4. The van der Waals surface area contributed by atoms with E-state index in [0.29, 0.717) is 13.0 Å². The van der Waals surface area contributed by atoms with Gasteiger partial charge in [0.1, 0.15) is 6.54 Å². The Morgan fingerprint density at radius 3 is 2.60 bits per heavy atom. The molecule has 1 atom stereocenters. The van der Waals surface area contributed by atoms with Crippen molar-refractivity contribution >= 4 is 33.5 Å². The van der Waals surface area contributed by atoms with Crippen molar-refractivity contribution in [3.63, 3.8) is 0 Å². The zero-order valence-electron chi connectivity index (χ0n) is 11.8. The number of nitrogens with zero attached hydrogens (tertiary/aromatic N) is 1. The monoisotopic (exact) mass is 323 g/mol. The number of rotatable bonds is 7. The third-order valence-corrected chi connectivity index (χ3v) is 6.29. The molecule has 0 aliphatic carbocycles. The van der Waals surface area contributed by atoms with Crippen LogP contribution in [0.5, 0.6) is 0 Å². The predicted molar refractivity (Wildman–Crippen MR) is 78.4 cm³/mol. The van der Waals surface area contributed by atoms with E-state index >= 15 is 0 Å². The van der Waals surface area contributed by atoms with Gasteiger partial charge < -0.3 is 9.64 Å². The summed E-state index contributed by atoms with van der Waals surface area (Å²) in [4.78, 5) is 24.8. The van der Waals surface area contributed by atoms with Crippen molar-refractivity contribution in [1.29, 1.82) is 0 Å². The number of ether oxygens (including phenoxy) is 1. The minimum atomic E-state index is -2.92. The van der Waals surface area contributed by atoms with Gasteiger partial charge in [0.15, 0.2) is 9.84 Å². The highest BCUT2D eigenvalue weighted by Gasteiger charge is 2.29. The number of amides is 1. The molecule has 0 radical (unpaired) electrons. The molecule has 0 spiro atoms. The number of sulfone groups is 1. The van der Waals surface area contributed by atoms with Crippen LogP contribution in [0.2, 0.25) is 0 Å². The Hall–Kier alpha value is -0.760. The Kier molecular flexibility index (Phi) is 6.81. The molecule has 0 aromatic heterocycles. The SMILES string of the molecule is CCCN(CC(=O)OC)C(=O)CSC1CCS(=O)(=O)C1. The molecule has 20 heavy (non-hydrogen) atoms. The Morgan fingerprint density at radius 1 is 1.40 bits per heavy atom. The number of carbonyl (C=O) groups is 2.